The summed E-state index contributed by atoms with van der Waals surface area (Å²) in [6.07, 6.45) is 0.468. The molecule has 6 nitrogen and oxygen atoms in total. The van der Waals surface area contributed by atoms with Gasteiger partial charge in [0.05, 0.1) is 6.42 Å². The fourth-order valence-corrected chi connectivity index (χ4v) is 1.87. The van der Waals surface area contributed by atoms with Crippen LogP contribution in [0.5, 0.6) is 0 Å². The molecule has 4 amide bonds. The van der Waals surface area contributed by atoms with Crippen molar-refractivity contribution in [1.82, 2.24) is 16.0 Å². The number of nitrogens with one attached hydrogen (secondary N) is 3. The maximum Gasteiger partial charge on any atom is 0.322 e. The van der Waals surface area contributed by atoms with E-state index in [1.807, 2.05) is 0 Å². The highest BCUT2D eigenvalue weighted by Crippen LogP contribution is 2.03. The van der Waals surface area contributed by atoms with Crippen LogP contribution >= 0.6 is 0 Å². The molecule has 0 spiro atoms. The lowest BCUT2D eigenvalue weighted by molar-refractivity contribution is -0.122. The maximum atomic E-state index is 12.7. The number of rotatable bonds is 5. The molecule has 0 radical (unpaired) electrons. The molecule has 1 aliphatic heterocycles. The van der Waals surface area contributed by atoms with Crippen LogP contribution in [0.2, 0.25) is 0 Å². The van der Waals surface area contributed by atoms with E-state index in [0.717, 1.165) is 0 Å². The second kappa shape index (κ2) is 6.14. The van der Waals surface area contributed by atoms with E-state index in [0.29, 0.717) is 12.0 Å². The van der Waals surface area contributed by atoms with Crippen molar-refractivity contribution in [2.75, 3.05) is 6.54 Å². The van der Waals surface area contributed by atoms with Crippen LogP contribution < -0.4 is 16.0 Å². The van der Waals surface area contributed by atoms with Gasteiger partial charge in [-0.2, -0.15) is 0 Å². The molecule has 0 aliphatic carbocycles. The predicted octanol–water partition coefficient (Wildman–Crippen LogP) is 0.0825. The summed E-state index contributed by atoms with van der Waals surface area (Å²) < 4.78 is 12.7. The topological polar surface area (TPSA) is 87.3 Å². The molecule has 7 heteroatoms. The Bertz CT molecular complexity index is 530. The Morgan fingerprint density at radius 1 is 1.25 bits per heavy atom. The number of carbonyl (C=O) groups is 3. The van der Waals surface area contributed by atoms with Crippen LogP contribution in [0.15, 0.2) is 24.3 Å². The van der Waals surface area contributed by atoms with Crippen LogP contribution in [-0.4, -0.2) is 30.4 Å². The number of halogens is 1. The molecule has 0 saturated carbocycles. The Balaban J connectivity index is 1.71. The molecular weight excluding hydrogens is 265 g/mol. The molecule has 1 saturated heterocycles. The Kier molecular flexibility index (Phi) is 4.29. The molecule has 1 heterocycles. The zero-order valence-electron chi connectivity index (χ0n) is 10.6. The lowest BCUT2D eigenvalue weighted by Gasteiger charge is -2.08. The second-order valence-electron chi connectivity index (χ2n) is 4.46. The van der Waals surface area contributed by atoms with Gasteiger partial charge in [-0.15, -0.1) is 0 Å². The average molecular weight is 279 g/mol. The van der Waals surface area contributed by atoms with Crippen molar-refractivity contribution in [2.24, 2.45) is 0 Å². The molecule has 20 heavy (non-hydrogen) atoms. The van der Waals surface area contributed by atoms with Crippen molar-refractivity contribution in [1.29, 1.82) is 0 Å². The number of hydrogen-bond donors (Lipinski definition) is 3. The van der Waals surface area contributed by atoms with Crippen molar-refractivity contribution in [3.63, 3.8) is 0 Å². The SMILES string of the molecule is O=C(Cc1ccc(F)cc1)NCCC1NC(=O)NC1=O. The largest absolute Gasteiger partial charge is 0.356 e. The number of urea groups is 1. The summed E-state index contributed by atoms with van der Waals surface area (Å²) in [5, 5.41) is 7.20. The third kappa shape index (κ3) is 3.78. The third-order valence-corrected chi connectivity index (χ3v) is 2.89. The van der Waals surface area contributed by atoms with Crippen molar-refractivity contribution in [3.8, 4) is 0 Å². The average Bonchev–Trinajstić information content (AvgIpc) is 2.71. The molecule has 0 aromatic heterocycles. The van der Waals surface area contributed by atoms with Crippen molar-refractivity contribution < 1.29 is 18.8 Å². The second-order valence-corrected chi connectivity index (χ2v) is 4.46. The fourth-order valence-electron chi connectivity index (χ4n) is 1.87. The van der Waals surface area contributed by atoms with Crippen LogP contribution in [0, 0.1) is 5.82 Å². The first-order chi connectivity index (χ1) is 9.54. The van der Waals surface area contributed by atoms with Gasteiger partial charge in [-0.3, -0.25) is 14.9 Å². The van der Waals surface area contributed by atoms with Gasteiger partial charge in [0.2, 0.25) is 5.91 Å². The summed E-state index contributed by atoms with van der Waals surface area (Å²) in [4.78, 5) is 33.7. The minimum atomic E-state index is -0.603. The number of amides is 4. The van der Waals surface area contributed by atoms with Gasteiger partial charge in [-0.1, -0.05) is 12.1 Å². The van der Waals surface area contributed by atoms with E-state index in [1.54, 1.807) is 12.1 Å². The summed E-state index contributed by atoms with van der Waals surface area (Å²) >= 11 is 0. The molecule has 106 valence electrons. The maximum absolute atomic E-state index is 12.7. The lowest BCUT2D eigenvalue weighted by atomic mass is 10.1. The summed E-state index contributed by atoms with van der Waals surface area (Å²) in [7, 11) is 0. The predicted molar refractivity (Wildman–Crippen MR) is 68.2 cm³/mol. The van der Waals surface area contributed by atoms with E-state index in [2.05, 4.69) is 16.0 Å². The van der Waals surface area contributed by atoms with Crippen LogP contribution in [0.25, 0.3) is 0 Å². The van der Waals surface area contributed by atoms with Gasteiger partial charge >= 0.3 is 6.03 Å². The molecule has 1 unspecified atom stereocenters. The molecule has 2 rings (SSSR count). The molecule has 3 N–H and O–H groups in total. The van der Waals surface area contributed by atoms with Crippen LogP contribution in [-0.2, 0) is 16.0 Å². The Hall–Kier alpha value is -2.44. The zero-order valence-corrected chi connectivity index (χ0v) is 10.6. The van der Waals surface area contributed by atoms with E-state index in [4.69, 9.17) is 0 Å². The molecule has 1 aromatic rings. The smallest absolute Gasteiger partial charge is 0.322 e. The number of carbonyl (C=O) groups excluding carboxylic acids is 3. The number of hydrogen-bond acceptors (Lipinski definition) is 3. The highest BCUT2D eigenvalue weighted by molar-refractivity contribution is 6.04. The molecule has 1 fully saturated rings. The minimum absolute atomic E-state index is 0.142. The summed E-state index contributed by atoms with van der Waals surface area (Å²) in [5.41, 5.74) is 0.704. The molecule has 1 aliphatic rings. The summed E-state index contributed by atoms with van der Waals surface area (Å²) in [5.74, 6) is -0.957. The first-order valence-electron chi connectivity index (χ1n) is 6.17. The molecule has 1 aromatic carbocycles. The van der Waals surface area contributed by atoms with Crippen LogP contribution in [0.4, 0.5) is 9.18 Å². The Morgan fingerprint density at radius 3 is 2.55 bits per heavy atom. The van der Waals surface area contributed by atoms with Crippen molar-refractivity contribution in [2.45, 2.75) is 18.9 Å². The van der Waals surface area contributed by atoms with E-state index in [1.165, 1.54) is 12.1 Å². The highest BCUT2D eigenvalue weighted by atomic mass is 19.1. The third-order valence-electron chi connectivity index (χ3n) is 2.89. The normalized spacial score (nSPS) is 17.6. The van der Waals surface area contributed by atoms with E-state index in [-0.39, 0.29) is 30.6 Å². The van der Waals surface area contributed by atoms with E-state index in [9.17, 15) is 18.8 Å². The summed E-state index contributed by atoms with van der Waals surface area (Å²) in [6, 6.07) is 4.55. The van der Waals surface area contributed by atoms with E-state index < -0.39 is 12.1 Å². The first kappa shape index (κ1) is 14.0. The molecular formula is C13H14FN3O3. The highest BCUT2D eigenvalue weighted by Gasteiger charge is 2.28. The summed E-state index contributed by atoms with van der Waals surface area (Å²) in [6.45, 7) is 0.276. The van der Waals surface area contributed by atoms with Crippen molar-refractivity contribution >= 4 is 17.8 Å². The number of benzene rings is 1. The van der Waals surface area contributed by atoms with E-state index >= 15 is 0 Å². The van der Waals surface area contributed by atoms with Gasteiger partial charge < -0.3 is 10.6 Å². The van der Waals surface area contributed by atoms with Gasteiger partial charge in [0.25, 0.3) is 5.91 Å². The number of imide groups is 1. The first-order valence-corrected chi connectivity index (χ1v) is 6.17. The van der Waals surface area contributed by atoms with Gasteiger partial charge in [0.15, 0.2) is 0 Å². The molecule has 0 bridgehead atoms. The lowest BCUT2D eigenvalue weighted by Crippen LogP contribution is -2.35. The van der Waals surface area contributed by atoms with Gasteiger partial charge in [0.1, 0.15) is 11.9 Å². The molecule has 1 atom stereocenters. The fraction of sp³-hybridized carbons (Fsp3) is 0.308. The monoisotopic (exact) mass is 279 g/mol. The quantitative estimate of drug-likeness (QED) is 0.667. The van der Waals surface area contributed by atoms with Crippen LogP contribution in [0.1, 0.15) is 12.0 Å². The van der Waals surface area contributed by atoms with Crippen molar-refractivity contribution in [3.05, 3.63) is 35.6 Å². The minimum Gasteiger partial charge on any atom is -0.356 e. The van der Waals surface area contributed by atoms with Crippen LogP contribution in [0.3, 0.4) is 0 Å². The van der Waals surface area contributed by atoms with Gasteiger partial charge in [-0.25, -0.2) is 9.18 Å². The van der Waals surface area contributed by atoms with Gasteiger partial charge in [-0.05, 0) is 24.1 Å². The standard InChI is InChI=1S/C13H14FN3O3/c14-9-3-1-8(2-4-9)7-11(18)15-6-5-10-12(19)17-13(20)16-10/h1-4,10H,5-7H2,(H,15,18)(H2,16,17,19,20). The Morgan fingerprint density at radius 2 is 1.95 bits per heavy atom. The Labute approximate surface area is 114 Å². The van der Waals surface area contributed by atoms with Gasteiger partial charge in [0, 0.05) is 6.54 Å². The zero-order chi connectivity index (χ0) is 14.5.